The smallest absolute Gasteiger partial charge is 0.259 e. The predicted octanol–water partition coefficient (Wildman–Crippen LogP) is 3.71. The molecule has 2 aliphatic heterocycles. The van der Waals surface area contributed by atoms with Gasteiger partial charge in [0.05, 0.1) is 6.04 Å². The molecule has 0 spiro atoms. The van der Waals surface area contributed by atoms with Crippen molar-refractivity contribution in [1.29, 1.82) is 0 Å². The highest BCUT2D eigenvalue weighted by Gasteiger charge is 2.36. The van der Waals surface area contributed by atoms with Gasteiger partial charge in [-0.1, -0.05) is 31.7 Å². The van der Waals surface area contributed by atoms with Crippen molar-refractivity contribution in [3.8, 4) is 0 Å². The van der Waals surface area contributed by atoms with E-state index >= 15 is 0 Å². The zero-order valence-electron chi connectivity index (χ0n) is 14.2. The monoisotopic (exact) mass is 352 g/mol. The van der Waals surface area contributed by atoms with Crippen LogP contribution in [0.3, 0.4) is 0 Å². The van der Waals surface area contributed by atoms with Crippen molar-refractivity contribution < 1.29 is 9.59 Å². The van der Waals surface area contributed by atoms with Gasteiger partial charge in [-0.15, -0.1) is 11.3 Å². The highest BCUT2D eigenvalue weighted by atomic mass is 32.1. The molecule has 0 N–H and O–H groups in total. The van der Waals surface area contributed by atoms with Crippen molar-refractivity contribution in [2.75, 3.05) is 13.1 Å². The van der Waals surface area contributed by atoms with Crippen molar-refractivity contribution in [2.45, 2.75) is 25.8 Å². The number of amides is 2. The molecule has 0 aliphatic carbocycles. The molecule has 2 amide bonds. The summed E-state index contributed by atoms with van der Waals surface area (Å²) in [5.41, 5.74) is 3.34. The van der Waals surface area contributed by atoms with Crippen LogP contribution in [0.15, 0.2) is 42.3 Å². The highest BCUT2D eigenvalue weighted by Crippen LogP contribution is 2.36. The van der Waals surface area contributed by atoms with E-state index in [1.54, 1.807) is 17.4 Å². The summed E-state index contributed by atoms with van der Waals surface area (Å²) in [6.45, 7) is 6.91. The van der Waals surface area contributed by atoms with Gasteiger partial charge >= 0.3 is 0 Å². The first-order valence-electron chi connectivity index (χ1n) is 8.57. The molecule has 0 saturated heterocycles. The number of carbonyl (C=O) groups excluding carboxylic acids is 2. The molecule has 0 fully saturated rings. The number of carbonyl (C=O) groups is 2. The Balaban J connectivity index is 1.55. The van der Waals surface area contributed by atoms with Crippen LogP contribution in [0.1, 0.15) is 45.7 Å². The van der Waals surface area contributed by atoms with Gasteiger partial charge in [0.2, 0.25) is 5.91 Å². The van der Waals surface area contributed by atoms with Gasteiger partial charge in [0.1, 0.15) is 6.54 Å². The maximum Gasteiger partial charge on any atom is 0.259 e. The third kappa shape index (κ3) is 2.50. The van der Waals surface area contributed by atoms with E-state index < -0.39 is 0 Å². The molecule has 1 aromatic carbocycles. The van der Waals surface area contributed by atoms with Gasteiger partial charge < -0.3 is 4.90 Å². The van der Waals surface area contributed by atoms with Gasteiger partial charge in [0.15, 0.2) is 0 Å². The first kappa shape index (κ1) is 16.1. The SMILES string of the molecule is C=C1c2ccccc2C(=O)N1CC(=O)N1CCc2sccc2C1CC. The van der Waals surface area contributed by atoms with Crippen LogP contribution in [0.4, 0.5) is 0 Å². The molecule has 1 aromatic heterocycles. The Morgan fingerprint density at radius 3 is 2.76 bits per heavy atom. The summed E-state index contributed by atoms with van der Waals surface area (Å²) in [7, 11) is 0. The number of rotatable bonds is 3. The Morgan fingerprint density at radius 2 is 2.04 bits per heavy atom. The molecule has 1 unspecified atom stereocenters. The van der Waals surface area contributed by atoms with E-state index in [-0.39, 0.29) is 24.4 Å². The third-order valence-electron chi connectivity index (χ3n) is 5.13. The second-order valence-corrected chi connectivity index (χ2v) is 7.44. The van der Waals surface area contributed by atoms with Crippen molar-refractivity contribution in [2.24, 2.45) is 0 Å². The van der Waals surface area contributed by atoms with E-state index in [0.717, 1.165) is 18.4 Å². The van der Waals surface area contributed by atoms with Gasteiger partial charge in [-0.25, -0.2) is 0 Å². The van der Waals surface area contributed by atoms with E-state index in [9.17, 15) is 9.59 Å². The van der Waals surface area contributed by atoms with Crippen molar-refractivity contribution in [1.82, 2.24) is 9.80 Å². The molecule has 0 bridgehead atoms. The summed E-state index contributed by atoms with van der Waals surface area (Å²) in [4.78, 5) is 30.4. The number of hydrogen-bond acceptors (Lipinski definition) is 3. The second kappa shape index (κ2) is 6.15. The Bertz CT molecular complexity index is 835. The second-order valence-electron chi connectivity index (χ2n) is 6.44. The summed E-state index contributed by atoms with van der Waals surface area (Å²) in [6.07, 6.45) is 1.77. The minimum atomic E-state index is -0.129. The summed E-state index contributed by atoms with van der Waals surface area (Å²) in [5, 5.41) is 2.10. The van der Waals surface area contributed by atoms with E-state index in [4.69, 9.17) is 0 Å². The lowest BCUT2D eigenvalue weighted by Crippen LogP contribution is -2.44. The molecule has 2 aliphatic rings. The number of hydrogen-bond donors (Lipinski definition) is 0. The summed E-state index contributed by atoms with van der Waals surface area (Å²) in [6, 6.07) is 9.64. The molecule has 5 heteroatoms. The normalized spacial score (nSPS) is 19.2. The first-order valence-corrected chi connectivity index (χ1v) is 9.45. The van der Waals surface area contributed by atoms with E-state index in [1.165, 1.54) is 15.3 Å². The molecule has 25 heavy (non-hydrogen) atoms. The minimum absolute atomic E-state index is 0.00833. The Kier molecular flexibility index (Phi) is 3.96. The van der Waals surface area contributed by atoms with Crippen LogP contribution in [0, 0.1) is 0 Å². The quantitative estimate of drug-likeness (QED) is 0.845. The molecular formula is C20H20N2O2S. The van der Waals surface area contributed by atoms with Crippen LogP contribution in [-0.2, 0) is 11.2 Å². The van der Waals surface area contributed by atoms with Gasteiger partial charge in [0.25, 0.3) is 5.91 Å². The fourth-order valence-corrected chi connectivity index (χ4v) is 4.79. The largest absolute Gasteiger partial charge is 0.334 e. The Morgan fingerprint density at radius 1 is 1.28 bits per heavy atom. The summed E-state index contributed by atoms with van der Waals surface area (Å²) < 4.78 is 0. The van der Waals surface area contributed by atoms with E-state index in [0.29, 0.717) is 17.8 Å². The molecule has 4 nitrogen and oxygen atoms in total. The Labute approximate surface area is 151 Å². The maximum absolute atomic E-state index is 13.0. The lowest BCUT2D eigenvalue weighted by molar-refractivity contribution is -0.134. The van der Waals surface area contributed by atoms with Gasteiger partial charge in [-0.3, -0.25) is 14.5 Å². The van der Waals surface area contributed by atoms with Gasteiger partial charge in [-0.05, 0) is 35.9 Å². The topological polar surface area (TPSA) is 40.6 Å². The fraction of sp³-hybridized carbons (Fsp3) is 0.300. The van der Waals surface area contributed by atoms with Crippen LogP contribution in [0.5, 0.6) is 0 Å². The average molecular weight is 352 g/mol. The molecule has 0 saturated carbocycles. The number of fused-ring (bicyclic) bond motifs is 2. The van der Waals surface area contributed by atoms with Crippen molar-refractivity contribution >= 4 is 28.8 Å². The zero-order valence-corrected chi connectivity index (χ0v) is 15.0. The molecular weight excluding hydrogens is 332 g/mol. The molecule has 2 aromatic rings. The molecule has 3 heterocycles. The highest BCUT2D eigenvalue weighted by molar-refractivity contribution is 7.10. The van der Waals surface area contributed by atoms with E-state index in [1.807, 2.05) is 23.1 Å². The molecule has 1 atom stereocenters. The lowest BCUT2D eigenvalue weighted by Gasteiger charge is -2.36. The molecule has 4 rings (SSSR count). The fourth-order valence-electron chi connectivity index (χ4n) is 3.86. The van der Waals surface area contributed by atoms with Crippen LogP contribution in [0.25, 0.3) is 5.70 Å². The zero-order chi connectivity index (χ0) is 17.6. The lowest BCUT2D eigenvalue weighted by atomic mass is 9.97. The molecule has 0 radical (unpaired) electrons. The number of nitrogens with zero attached hydrogens (tertiary/aromatic N) is 2. The predicted molar refractivity (Wildman–Crippen MR) is 99.3 cm³/mol. The van der Waals surface area contributed by atoms with Gasteiger partial charge in [0, 0.05) is 28.2 Å². The average Bonchev–Trinajstić information content (AvgIpc) is 3.20. The van der Waals surface area contributed by atoms with E-state index in [2.05, 4.69) is 24.9 Å². The van der Waals surface area contributed by atoms with Crippen LogP contribution >= 0.6 is 11.3 Å². The number of thiophene rings is 1. The number of benzene rings is 1. The standard InChI is InChI=1S/C20H20N2O2S/c1-3-17-16-9-11-25-18(16)8-10-21(17)19(23)12-22-13(2)14-6-4-5-7-15(14)20(22)24/h4-7,9,11,17H,2-3,8,10,12H2,1H3. The summed E-state index contributed by atoms with van der Waals surface area (Å²) >= 11 is 1.77. The van der Waals surface area contributed by atoms with Crippen LogP contribution in [0.2, 0.25) is 0 Å². The molecule has 128 valence electrons. The Hall–Kier alpha value is -2.40. The first-order chi connectivity index (χ1) is 12.1. The van der Waals surface area contributed by atoms with Crippen molar-refractivity contribution in [3.63, 3.8) is 0 Å². The third-order valence-corrected chi connectivity index (χ3v) is 6.13. The van der Waals surface area contributed by atoms with Crippen LogP contribution < -0.4 is 0 Å². The van der Waals surface area contributed by atoms with Crippen molar-refractivity contribution in [3.05, 3.63) is 63.9 Å². The maximum atomic E-state index is 13.0. The van der Waals surface area contributed by atoms with Gasteiger partial charge in [-0.2, -0.15) is 0 Å². The van der Waals surface area contributed by atoms with Crippen LogP contribution in [-0.4, -0.2) is 34.7 Å². The summed E-state index contributed by atoms with van der Waals surface area (Å²) in [5.74, 6) is -0.138. The minimum Gasteiger partial charge on any atom is -0.334 e.